The molecule has 0 saturated carbocycles. The lowest BCUT2D eigenvalue weighted by molar-refractivity contribution is -0.141. The Hall–Kier alpha value is -1.78. The number of carbonyl (C=O) groups is 2. The highest BCUT2D eigenvalue weighted by Crippen LogP contribution is 2.03. The minimum Gasteiger partial charge on any atom is -0.480 e. The summed E-state index contributed by atoms with van der Waals surface area (Å²) in [6, 6.07) is 2.66. The molecule has 0 fully saturated rings. The van der Waals surface area contributed by atoms with E-state index in [9.17, 15) is 9.59 Å². The number of aryl methyl sites for hydroxylation is 1. The van der Waals surface area contributed by atoms with Crippen LogP contribution >= 0.6 is 0 Å². The predicted molar refractivity (Wildman–Crippen MR) is 52.3 cm³/mol. The summed E-state index contributed by atoms with van der Waals surface area (Å²) in [5, 5.41) is 10.9. The SMILES string of the molecule is C[C@@H](NC(=O)CCc1ccco1)C(=O)O. The van der Waals surface area contributed by atoms with E-state index < -0.39 is 12.0 Å². The molecular weight excluding hydrogens is 198 g/mol. The molecule has 0 spiro atoms. The van der Waals surface area contributed by atoms with Gasteiger partial charge < -0.3 is 14.8 Å². The Morgan fingerprint density at radius 2 is 2.33 bits per heavy atom. The largest absolute Gasteiger partial charge is 0.480 e. The normalized spacial score (nSPS) is 12.1. The van der Waals surface area contributed by atoms with Gasteiger partial charge in [0.1, 0.15) is 11.8 Å². The van der Waals surface area contributed by atoms with Crippen LogP contribution in [-0.2, 0) is 16.0 Å². The number of aliphatic carboxylic acids is 1. The number of furan rings is 1. The van der Waals surface area contributed by atoms with Crippen LogP contribution in [0, 0.1) is 0 Å². The van der Waals surface area contributed by atoms with Crippen LogP contribution in [0.4, 0.5) is 0 Å². The highest BCUT2D eigenvalue weighted by molar-refractivity contribution is 5.83. The summed E-state index contributed by atoms with van der Waals surface area (Å²) in [7, 11) is 0. The highest BCUT2D eigenvalue weighted by atomic mass is 16.4. The summed E-state index contributed by atoms with van der Waals surface area (Å²) in [4.78, 5) is 21.7. The molecule has 0 unspecified atom stereocenters. The number of amides is 1. The summed E-state index contributed by atoms with van der Waals surface area (Å²) in [6.07, 6.45) is 2.24. The van der Waals surface area contributed by atoms with Gasteiger partial charge in [-0.25, -0.2) is 0 Å². The minimum atomic E-state index is -1.04. The molecule has 1 aromatic heterocycles. The quantitative estimate of drug-likeness (QED) is 0.755. The first-order valence-electron chi connectivity index (χ1n) is 4.64. The van der Waals surface area contributed by atoms with Gasteiger partial charge in [-0.1, -0.05) is 0 Å². The zero-order chi connectivity index (χ0) is 11.3. The Kier molecular flexibility index (Phi) is 3.91. The zero-order valence-electron chi connectivity index (χ0n) is 8.40. The Labute approximate surface area is 87.1 Å². The zero-order valence-corrected chi connectivity index (χ0v) is 8.40. The molecule has 1 rings (SSSR count). The van der Waals surface area contributed by atoms with Gasteiger partial charge in [0.2, 0.25) is 5.91 Å². The van der Waals surface area contributed by atoms with Crippen molar-refractivity contribution in [2.45, 2.75) is 25.8 Å². The Morgan fingerprint density at radius 1 is 1.60 bits per heavy atom. The minimum absolute atomic E-state index is 0.227. The number of carbonyl (C=O) groups excluding carboxylic acids is 1. The molecule has 5 heteroatoms. The molecule has 0 aliphatic carbocycles. The van der Waals surface area contributed by atoms with Crippen molar-refractivity contribution >= 4 is 11.9 Å². The molecule has 0 aliphatic heterocycles. The van der Waals surface area contributed by atoms with E-state index in [2.05, 4.69) is 5.32 Å². The van der Waals surface area contributed by atoms with E-state index in [0.29, 0.717) is 12.2 Å². The smallest absolute Gasteiger partial charge is 0.325 e. The number of hydrogen-bond donors (Lipinski definition) is 2. The fourth-order valence-corrected chi connectivity index (χ4v) is 1.07. The van der Waals surface area contributed by atoms with Crippen LogP contribution < -0.4 is 5.32 Å². The molecule has 82 valence electrons. The average molecular weight is 211 g/mol. The molecule has 1 amide bonds. The fourth-order valence-electron chi connectivity index (χ4n) is 1.07. The number of hydrogen-bond acceptors (Lipinski definition) is 3. The summed E-state index contributed by atoms with van der Waals surface area (Å²) in [5.41, 5.74) is 0. The predicted octanol–water partition coefficient (Wildman–Crippen LogP) is 0.802. The monoisotopic (exact) mass is 211 g/mol. The number of carboxylic acid groups (broad SMARTS) is 1. The second kappa shape index (κ2) is 5.19. The molecule has 0 saturated heterocycles. The topological polar surface area (TPSA) is 79.5 Å². The molecule has 1 heterocycles. The van der Waals surface area contributed by atoms with E-state index in [4.69, 9.17) is 9.52 Å². The maximum atomic E-state index is 11.2. The molecular formula is C10H13NO4. The van der Waals surface area contributed by atoms with E-state index in [1.807, 2.05) is 0 Å². The van der Waals surface area contributed by atoms with Gasteiger partial charge in [0.05, 0.1) is 6.26 Å². The van der Waals surface area contributed by atoms with E-state index >= 15 is 0 Å². The van der Waals surface area contributed by atoms with Crippen LogP contribution in [0.5, 0.6) is 0 Å². The molecule has 0 aromatic carbocycles. The molecule has 15 heavy (non-hydrogen) atoms. The molecule has 5 nitrogen and oxygen atoms in total. The van der Waals surface area contributed by atoms with Crippen molar-refractivity contribution in [1.82, 2.24) is 5.32 Å². The van der Waals surface area contributed by atoms with Gasteiger partial charge in [-0.15, -0.1) is 0 Å². The average Bonchev–Trinajstić information content (AvgIpc) is 2.66. The molecule has 2 N–H and O–H groups in total. The van der Waals surface area contributed by atoms with Gasteiger partial charge in [-0.05, 0) is 19.1 Å². The lowest BCUT2D eigenvalue weighted by Gasteiger charge is -2.08. The number of carboxylic acids is 1. The Morgan fingerprint density at radius 3 is 2.87 bits per heavy atom. The summed E-state index contributed by atoms with van der Waals surface area (Å²) in [6.45, 7) is 1.42. The van der Waals surface area contributed by atoms with Gasteiger partial charge in [-0.2, -0.15) is 0 Å². The Bertz CT molecular complexity index is 331. The van der Waals surface area contributed by atoms with Crippen LogP contribution in [0.1, 0.15) is 19.1 Å². The van der Waals surface area contributed by atoms with Crippen molar-refractivity contribution in [3.8, 4) is 0 Å². The molecule has 1 aromatic rings. The van der Waals surface area contributed by atoms with Crippen molar-refractivity contribution in [1.29, 1.82) is 0 Å². The first-order chi connectivity index (χ1) is 7.09. The van der Waals surface area contributed by atoms with E-state index in [-0.39, 0.29) is 12.3 Å². The van der Waals surface area contributed by atoms with E-state index in [1.165, 1.54) is 13.2 Å². The van der Waals surface area contributed by atoms with Crippen molar-refractivity contribution in [2.75, 3.05) is 0 Å². The number of nitrogens with one attached hydrogen (secondary N) is 1. The van der Waals surface area contributed by atoms with Crippen LogP contribution in [-0.4, -0.2) is 23.0 Å². The molecule has 0 radical (unpaired) electrons. The Balaban J connectivity index is 2.28. The van der Waals surface area contributed by atoms with E-state index in [0.717, 1.165) is 0 Å². The second-order valence-electron chi connectivity index (χ2n) is 3.21. The third-order valence-corrected chi connectivity index (χ3v) is 1.93. The van der Waals surface area contributed by atoms with E-state index in [1.54, 1.807) is 12.1 Å². The molecule has 1 atom stereocenters. The van der Waals surface area contributed by atoms with Gasteiger partial charge in [0, 0.05) is 12.8 Å². The van der Waals surface area contributed by atoms with Gasteiger partial charge in [0.25, 0.3) is 0 Å². The van der Waals surface area contributed by atoms with Gasteiger partial charge >= 0.3 is 5.97 Å². The third-order valence-electron chi connectivity index (χ3n) is 1.93. The molecule has 0 aliphatic rings. The fraction of sp³-hybridized carbons (Fsp3) is 0.400. The third kappa shape index (κ3) is 3.84. The van der Waals surface area contributed by atoms with Crippen molar-refractivity contribution in [2.24, 2.45) is 0 Å². The van der Waals surface area contributed by atoms with Gasteiger partial charge in [0.15, 0.2) is 0 Å². The summed E-state index contributed by atoms with van der Waals surface area (Å²) < 4.78 is 5.04. The van der Waals surface area contributed by atoms with Crippen LogP contribution in [0.15, 0.2) is 22.8 Å². The molecule has 0 bridgehead atoms. The van der Waals surface area contributed by atoms with Crippen LogP contribution in [0.25, 0.3) is 0 Å². The second-order valence-corrected chi connectivity index (χ2v) is 3.21. The highest BCUT2D eigenvalue weighted by Gasteiger charge is 2.13. The lowest BCUT2D eigenvalue weighted by Crippen LogP contribution is -2.38. The van der Waals surface area contributed by atoms with Crippen molar-refractivity contribution < 1.29 is 19.1 Å². The maximum Gasteiger partial charge on any atom is 0.325 e. The maximum absolute atomic E-state index is 11.2. The standard InChI is InChI=1S/C10H13NO4/c1-7(10(13)14)11-9(12)5-4-8-3-2-6-15-8/h2-3,6-7H,4-5H2,1H3,(H,11,12)(H,13,14)/t7-/m1/s1. The first kappa shape index (κ1) is 11.3. The van der Waals surface area contributed by atoms with Crippen LogP contribution in [0.2, 0.25) is 0 Å². The van der Waals surface area contributed by atoms with Crippen molar-refractivity contribution in [3.05, 3.63) is 24.2 Å². The summed E-state index contributed by atoms with van der Waals surface area (Å²) >= 11 is 0. The van der Waals surface area contributed by atoms with Gasteiger partial charge in [-0.3, -0.25) is 9.59 Å². The number of rotatable bonds is 5. The lowest BCUT2D eigenvalue weighted by atomic mass is 10.2. The first-order valence-corrected chi connectivity index (χ1v) is 4.64. The summed E-state index contributed by atoms with van der Waals surface area (Å²) in [5.74, 6) is -0.615. The van der Waals surface area contributed by atoms with Crippen molar-refractivity contribution in [3.63, 3.8) is 0 Å². The van der Waals surface area contributed by atoms with Crippen LogP contribution in [0.3, 0.4) is 0 Å².